The van der Waals surface area contributed by atoms with E-state index in [2.05, 4.69) is 5.32 Å². The molecule has 0 spiro atoms. The number of nitriles is 1. The van der Waals surface area contributed by atoms with Gasteiger partial charge in [0.2, 0.25) is 0 Å². The number of benzene rings is 2. The van der Waals surface area contributed by atoms with Gasteiger partial charge >= 0.3 is 0 Å². The van der Waals surface area contributed by atoms with Crippen molar-refractivity contribution in [3.05, 3.63) is 64.2 Å². The van der Waals surface area contributed by atoms with Gasteiger partial charge in [0.25, 0.3) is 11.6 Å². The molecule has 1 amide bonds. The lowest BCUT2D eigenvalue weighted by atomic mass is 10.2. The Morgan fingerprint density at radius 3 is 2.52 bits per heavy atom. The van der Waals surface area contributed by atoms with E-state index >= 15 is 0 Å². The predicted molar refractivity (Wildman–Crippen MR) is 83.0 cm³/mol. The number of nitrogens with zero attached hydrogens (tertiary/aromatic N) is 2. The third-order valence-corrected chi connectivity index (χ3v) is 3.04. The molecule has 23 heavy (non-hydrogen) atoms. The molecule has 0 aliphatic carbocycles. The summed E-state index contributed by atoms with van der Waals surface area (Å²) in [5.41, 5.74) is 0.694. The second-order valence-corrected chi connectivity index (χ2v) is 4.66. The number of amides is 1. The number of carbonyl (C=O) groups excluding carboxylic acids is 1. The van der Waals surface area contributed by atoms with E-state index in [1.807, 2.05) is 6.07 Å². The van der Waals surface area contributed by atoms with Gasteiger partial charge in [-0.05, 0) is 31.2 Å². The quantitative estimate of drug-likeness (QED) is 0.675. The summed E-state index contributed by atoms with van der Waals surface area (Å²) < 4.78 is 5.44. The minimum Gasteiger partial charge on any atom is -0.481 e. The fraction of sp³-hybridized carbons (Fsp3) is 0.125. The number of non-ortho nitro benzene ring substituents is 1. The Morgan fingerprint density at radius 2 is 1.91 bits per heavy atom. The van der Waals surface area contributed by atoms with Crippen LogP contribution in [-0.2, 0) is 4.79 Å². The zero-order chi connectivity index (χ0) is 16.8. The van der Waals surface area contributed by atoms with Crippen LogP contribution in [0.25, 0.3) is 0 Å². The molecule has 7 heteroatoms. The third kappa shape index (κ3) is 4.04. The topological polar surface area (TPSA) is 105 Å². The summed E-state index contributed by atoms with van der Waals surface area (Å²) in [6, 6.07) is 14.0. The van der Waals surface area contributed by atoms with Crippen molar-refractivity contribution < 1.29 is 14.5 Å². The van der Waals surface area contributed by atoms with Crippen molar-refractivity contribution >= 4 is 17.3 Å². The molecule has 1 N–H and O–H groups in total. The van der Waals surface area contributed by atoms with Crippen molar-refractivity contribution in [2.45, 2.75) is 13.0 Å². The maximum absolute atomic E-state index is 12.1. The molecule has 0 saturated heterocycles. The maximum atomic E-state index is 12.1. The molecular weight excluding hydrogens is 298 g/mol. The molecule has 2 aromatic rings. The van der Waals surface area contributed by atoms with E-state index in [0.717, 1.165) is 0 Å². The highest BCUT2D eigenvalue weighted by Gasteiger charge is 2.16. The van der Waals surface area contributed by atoms with Crippen molar-refractivity contribution in [2.75, 3.05) is 5.32 Å². The number of nitrogens with one attached hydrogen (secondary N) is 1. The first-order valence-electron chi connectivity index (χ1n) is 6.72. The molecule has 0 aliphatic heterocycles. The Bertz CT molecular complexity index is 766. The summed E-state index contributed by atoms with van der Waals surface area (Å²) in [4.78, 5) is 22.2. The van der Waals surface area contributed by atoms with Crippen LogP contribution in [0.5, 0.6) is 5.75 Å². The Hall–Kier alpha value is -3.40. The summed E-state index contributed by atoms with van der Waals surface area (Å²) in [6.07, 6.45) is -0.830. The summed E-state index contributed by atoms with van der Waals surface area (Å²) in [7, 11) is 0. The molecule has 0 fully saturated rings. The molecule has 0 saturated carbocycles. The van der Waals surface area contributed by atoms with Crippen molar-refractivity contribution in [2.24, 2.45) is 0 Å². The minimum absolute atomic E-state index is 0.0580. The van der Waals surface area contributed by atoms with E-state index in [1.54, 1.807) is 31.2 Å². The molecule has 1 atom stereocenters. The van der Waals surface area contributed by atoms with Gasteiger partial charge in [0.05, 0.1) is 16.2 Å². The lowest BCUT2D eigenvalue weighted by molar-refractivity contribution is -0.384. The average molecular weight is 311 g/mol. The average Bonchev–Trinajstić information content (AvgIpc) is 2.55. The van der Waals surface area contributed by atoms with E-state index in [1.165, 1.54) is 24.3 Å². The highest BCUT2D eigenvalue weighted by atomic mass is 16.6. The van der Waals surface area contributed by atoms with Crippen LogP contribution in [0.15, 0.2) is 48.5 Å². The highest BCUT2D eigenvalue weighted by Crippen LogP contribution is 2.19. The number of carbonyl (C=O) groups is 1. The lowest BCUT2D eigenvalue weighted by Gasteiger charge is -2.15. The molecule has 7 nitrogen and oxygen atoms in total. The van der Waals surface area contributed by atoms with Gasteiger partial charge in [-0.2, -0.15) is 5.26 Å². The predicted octanol–water partition coefficient (Wildman–Crippen LogP) is 2.87. The first-order chi connectivity index (χ1) is 11.0. The largest absolute Gasteiger partial charge is 0.481 e. The van der Waals surface area contributed by atoms with Crippen LogP contribution in [0.4, 0.5) is 11.4 Å². The molecule has 0 radical (unpaired) electrons. The first kappa shape index (κ1) is 16.0. The van der Waals surface area contributed by atoms with E-state index in [9.17, 15) is 14.9 Å². The van der Waals surface area contributed by atoms with Gasteiger partial charge in [-0.15, -0.1) is 0 Å². The Morgan fingerprint density at radius 1 is 1.26 bits per heavy atom. The fourth-order valence-corrected chi connectivity index (χ4v) is 1.83. The highest BCUT2D eigenvalue weighted by molar-refractivity contribution is 5.95. The Labute approximate surface area is 132 Å². The van der Waals surface area contributed by atoms with Crippen LogP contribution in [0.2, 0.25) is 0 Å². The summed E-state index contributed by atoms with van der Waals surface area (Å²) in [5, 5.41) is 22.2. The van der Waals surface area contributed by atoms with Crippen LogP contribution in [0.1, 0.15) is 12.5 Å². The molecule has 0 bridgehead atoms. The van der Waals surface area contributed by atoms with Crippen LogP contribution < -0.4 is 10.1 Å². The van der Waals surface area contributed by atoms with Gasteiger partial charge in [-0.25, -0.2) is 0 Å². The molecule has 2 aromatic carbocycles. The van der Waals surface area contributed by atoms with Gasteiger partial charge in [-0.1, -0.05) is 12.1 Å². The second kappa shape index (κ2) is 7.04. The van der Waals surface area contributed by atoms with Gasteiger partial charge < -0.3 is 10.1 Å². The molecule has 0 aliphatic rings. The number of nitro groups is 1. The van der Waals surface area contributed by atoms with Crippen molar-refractivity contribution in [1.82, 2.24) is 0 Å². The number of hydrogen-bond donors (Lipinski definition) is 1. The summed E-state index contributed by atoms with van der Waals surface area (Å²) in [6.45, 7) is 1.55. The van der Waals surface area contributed by atoms with Gasteiger partial charge in [0.1, 0.15) is 11.8 Å². The monoisotopic (exact) mass is 311 g/mol. The standard InChI is InChI=1S/C16H13N3O4/c1-11(23-14-8-6-13(7-9-14)19(21)22)16(20)18-15-5-3-2-4-12(15)10-17/h2-9,11H,1H3,(H,18,20)/t11-/m1/s1. The molecule has 0 aromatic heterocycles. The smallest absolute Gasteiger partial charge is 0.269 e. The second-order valence-electron chi connectivity index (χ2n) is 4.66. The number of hydrogen-bond acceptors (Lipinski definition) is 5. The molecule has 2 rings (SSSR count). The zero-order valence-corrected chi connectivity index (χ0v) is 12.2. The third-order valence-electron chi connectivity index (χ3n) is 3.04. The van der Waals surface area contributed by atoms with Crippen LogP contribution in [0.3, 0.4) is 0 Å². The normalized spacial score (nSPS) is 11.1. The first-order valence-corrected chi connectivity index (χ1v) is 6.72. The Kier molecular flexibility index (Phi) is 4.89. The lowest BCUT2D eigenvalue weighted by Crippen LogP contribution is -2.30. The van der Waals surface area contributed by atoms with E-state index in [-0.39, 0.29) is 5.69 Å². The maximum Gasteiger partial charge on any atom is 0.269 e. The molecule has 116 valence electrons. The number of nitro benzene ring substituents is 1. The fourth-order valence-electron chi connectivity index (χ4n) is 1.83. The van der Waals surface area contributed by atoms with Crippen molar-refractivity contribution in [1.29, 1.82) is 5.26 Å². The van der Waals surface area contributed by atoms with Crippen LogP contribution >= 0.6 is 0 Å². The number of ether oxygens (including phenoxy) is 1. The summed E-state index contributed by atoms with van der Waals surface area (Å²) in [5.74, 6) is -0.0853. The van der Waals surface area contributed by atoms with Crippen molar-refractivity contribution in [3.8, 4) is 11.8 Å². The van der Waals surface area contributed by atoms with Crippen LogP contribution in [-0.4, -0.2) is 16.9 Å². The SMILES string of the molecule is C[C@@H](Oc1ccc([N+](=O)[O-])cc1)C(=O)Nc1ccccc1C#N. The van der Waals surface area contributed by atoms with E-state index in [4.69, 9.17) is 10.00 Å². The number of anilines is 1. The number of rotatable bonds is 5. The van der Waals surface area contributed by atoms with Crippen LogP contribution in [0, 0.1) is 21.4 Å². The Balaban J connectivity index is 2.02. The zero-order valence-electron chi connectivity index (χ0n) is 12.2. The minimum atomic E-state index is -0.830. The van der Waals surface area contributed by atoms with Gasteiger partial charge in [0, 0.05) is 12.1 Å². The van der Waals surface area contributed by atoms with Gasteiger partial charge in [-0.3, -0.25) is 14.9 Å². The van der Waals surface area contributed by atoms with E-state index in [0.29, 0.717) is 17.0 Å². The van der Waals surface area contributed by atoms with Gasteiger partial charge in [0.15, 0.2) is 6.10 Å². The molecule has 0 unspecified atom stereocenters. The van der Waals surface area contributed by atoms with E-state index < -0.39 is 16.9 Å². The van der Waals surface area contributed by atoms with Crippen molar-refractivity contribution in [3.63, 3.8) is 0 Å². The molecular formula is C16H13N3O4. The summed E-state index contributed by atoms with van der Waals surface area (Å²) >= 11 is 0. The number of para-hydroxylation sites is 1. The molecule has 0 heterocycles.